The topological polar surface area (TPSA) is 56.1 Å². The maximum Gasteiger partial charge on any atom is 0.260 e. The lowest BCUT2D eigenvalue weighted by molar-refractivity contribution is 0.102. The average molecular weight is 287 g/mol. The highest BCUT2D eigenvalue weighted by Gasteiger charge is 2.14. The van der Waals surface area contributed by atoms with Crippen molar-refractivity contribution in [1.29, 1.82) is 0 Å². The molecule has 5 heteroatoms. The van der Waals surface area contributed by atoms with Crippen molar-refractivity contribution in [2.45, 2.75) is 20.3 Å². The van der Waals surface area contributed by atoms with Crippen LogP contribution >= 0.6 is 0 Å². The molecule has 0 atom stereocenters. The second-order valence-corrected chi connectivity index (χ2v) is 5.40. The molecule has 2 rings (SSSR count). The number of rotatable bonds is 5. The van der Waals surface area contributed by atoms with E-state index in [1.54, 1.807) is 23.9 Å². The van der Waals surface area contributed by atoms with Crippen LogP contribution in [0.25, 0.3) is 0 Å². The average Bonchev–Trinajstić information content (AvgIpc) is 2.77. The van der Waals surface area contributed by atoms with Gasteiger partial charge in [0.1, 0.15) is 11.6 Å². The van der Waals surface area contributed by atoms with Gasteiger partial charge in [-0.1, -0.05) is 26.0 Å². The standard InChI is InChI=1S/C16H21N3O2/c1-11(2)9-12-10-15(19(3)18-12)17-16(20)13-7-5-6-8-14(13)21-4/h5-8,10-11H,9H2,1-4H3,(H,17,20). The zero-order valence-corrected chi connectivity index (χ0v) is 12.9. The van der Waals surface area contributed by atoms with Crippen molar-refractivity contribution in [3.05, 3.63) is 41.6 Å². The summed E-state index contributed by atoms with van der Waals surface area (Å²) < 4.78 is 6.89. The fourth-order valence-electron chi connectivity index (χ4n) is 2.18. The Bertz CT molecular complexity index is 632. The predicted molar refractivity (Wildman–Crippen MR) is 82.7 cm³/mol. The Labute approximate surface area is 124 Å². The molecular weight excluding hydrogens is 266 g/mol. The molecule has 112 valence electrons. The third-order valence-electron chi connectivity index (χ3n) is 3.14. The molecule has 21 heavy (non-hydrogen) atoms. The fourth-order valence-corrected chi connectivity index (χ4v) is 2.18. The molecule has 0 unspecified atom stereocenters. The highest BCUT2D eigenvalue weighted by Crippen LogP contribution is 2.20. The van der Waals surface area contributed by atoms with E-state index in [1.807, 2.05) is 25.2 Å². The third kappa shape index (κ3) is 3.62. The predicted octanol–water partition coefficient (Wildman–Crippen LogP) is 2.88. The van der Waals surface area contributed by atoms with Gasteiger partial charge in [-0.3, -0.25) is 9.48 Å². The maximum absolute atomic E-state index is 12.3. The smallest absolute Gasteiger partial charge is 0.260 e. The minimum Gasteiger partial charge on any atom is -0.496 e. The number of aromatic nitrogens is 2. The number of ether oxygens (including phenoxy) is 1. The number of nitrogens with one attached hydrogen (secondary N) is 1. The lowest BCUT2D eigenvalue weighted by atomic mass is 10.1. The first-order valence-electron chi connectivity index (χ1n) is 6.98. The molecule has 0 saturated carbocycles. The summed E-state index contributed by atoms with van der Waals surface area (Å²) in [6, 6.07) is 9.06. The van der Waals surface area contributed by atoms with Crippen molar-refractivity contribution in [2.24, 2.45) is 13.0 Å². The van der Waals surface area contributed by atoms with Crippen LogP contribution < -0.4 is 10.1 Å². The van der Waals surface area contributed by atoms with Gasteiger partial charge in [0, 0.05) is 13.1 Å². The quantitative estimate of drug-likeness (QED) is 0.920. The summed E-state index contributed by atoms with van der Waals surface area (Å²) in [7, 11) is 3.37. The van der Waals surface area contributed by atoms with E-state index in [1.165, 1.54) is 0 Å². The number of benzene rings is 1. The van der Waals surface area contributed by atoms with Gasteiger partial charge in [-0.15, -0.1) is 0 Å². The second kappa shape index (κ2) is 6.43. The number of nitrogens with zero attached hydrogens (tertiary/aromatic N) is 2. The number of carbonyl (C=O) groups excluding carboxylic acids is 1. The zero-order valence-electron chi connectivity index (χ0n) is 12.9. The number of carbonyl (C=O) groups is 1. The molecule has 2 aromatic rings. The number of anilines is 1. The van der Waals surface area contributed by atoms with Crippen LogP contribution in [0.4, 0.5) is 5.82 Å². The Morgan fingerprint density at radius 3 is 2.76 bits per heavy atom. The lowest BCUT2D eigenvalue weighted by Crippen LogP contribution is -2.15. The van der Waals surface area contributed by atoms with Crippen molar-refractivity contribution in [1.82, 2.24) is 9.78 Å². The first-order valence-corrected chi connectivity index (χ1v) is 6.98. The largest absolute Gasteiger partial charge is 0.496 e. The molecule has 0 spiro atoms. The lowest BCUT2D eigenvalue weighted by Gasteiger charge is -2.08. The molecule has 0 aliphatic carbocycles. The van der Waals surface area contributed by atoms with Crippen LogP contribution in [0.1, 0.15) is 29.9 Å². The molecule has 1 N–H and O–H groups in total. The van der Waals surface area contributed by atoms with Crippen molar-refractivity contribution in [3.8, 4) is 5.75 Å². The van der Waals surface area contributed by atoms with E-state index < -0.39 is 0 Å². The van der Waals surface area contributed by atoms with Crippen LogP contribution in [0.2, 0.25) is 0 Å². The Hall–Kier alpha value is -2.30. The summed E-state index contributed by atoms with van der Waals surface area (Å²) in [5, 5.41) is 7.29. The van der Waals surface area contributed by atoms with Crippen LogP contribution in [0.5, 0.6) is 5.75 Å². The van der Waals surface area contributed by atoms with Crippen molar-refractivity contribution < 1.29 is 9.53 Å². The minimum atomic E-state index is -0.202. The summed E-state index contributed by atoms with van der Waals surface area (Å²) in [6.45, 7) is 4.28. The van der Waals surface area contributed by atoms with Gasteiger partial charge in [-0.2, -0.15) is 5.10 Å². The van der Waals surface area contributed by atoms with E-state index in [0.717, 1.165) is 12.1 Å². The molecule has 0 aliphatic rings. The van der Waals surface area contributed by atoms with Gasteiger partial charge in [0.2, 0.25) is 0 Å². The van der Waals surface area contributed by atoms with Gasteiger partial charge in [0.05, 0.1) is 18.4 Å². The highest BCUT2D eigenvalue weighted by atomic mass is 16.5. The third-order valence-corrected chi connectivity index (χ3v) is 3.14. The molecule has 0 saturated heterocycles. The SMILES string of the molecule is COc1ccccc1C(=O)Nc1cc(CC(C)C)nn1C. The summed E-state index contributed by atoms with van der Waals surface area (Å²) >= 11 is 0. The first-order chi connectivity index (χ1) is 10.0. The number of amides is 1. The molecule has 1 aromatic carbocycles. The Morgan fingerprint density at radius 2 is 2.10 bits per heavy atom. The fraction of sp³-hybridized carbons (Fsp3) is 0.375. The zero-order chi connectivity index (χ0) is 15.4. The molecule has 1 amide bonds. The first kappa shape index (κ1) is 15.1. The maximum atomic E-state index is 12.3. The summed E-state index contributed by atoms with van der Waals surface area (Å²) in [4.78, 5) is 12.3. The normalized spacial score (nSPS) is 10.7. The number of aryl methyl sites for hydroxylation is 1. The molecule has 0 bridgehead atoms. The molecule has 5 nitrogen and oxygen atoms in total. The number of hydrogen-bond acceptors (Lipinski definition) is 3. The number of methoxy groups -OCH3 is 1. The van der Waals surface area contributed by atoms with Gasteiger partial charge in [0.25, 0.3) is 5.91 Å². The van der Waals surface area contributed by atoms with Crippen LogP contribution in [0.15, 0.2) is 30.3 Å². The number of para-hydroxylation sites is 1. The monoisotopic (exact) mass is 287 g/mol. The van der Waals surface area contributed by atoms with Crippen LogP contribution in [0, 0.1) is 5.92 Å². The van der Waals surface area contributed by atoms with E-state index in [9.17, 15) is 4.79 Å². The van der Waals surface area contributed by atoms with Crippen LogP contribution in [-0.2, 0) is 13.5 Å². The molecule has 1 aromatic heterocycles. The van der Waals surface area contributed by atoms with E-state index in [2.05, 4.69) is 24.3 Å². The van der Waals surface area contributed by atoms with E-state index in [-0.39, 0.29) is 5.91 Å². The molecule has 0 radical (unpaired) electrons. The Kier molecular flexibility index (Phi) is 4.62. The number of hydrogen-bond donors (Lipinski definition) is 1. The molecular formula is C16H21N3O2. The Balaban J connectivity index is 2.18. The van der Waals surface area contributed by atoms with Gasteiger partial charge in [-0.05, 0) is 24.5 Å². The van der Waals surface area contributed by atoms with Crippen molar-refractivity contribution in [3.63, 3.8) is 0 Å². The molecule has 1 heterocycles. The van der Waals surface area contributed by atoms with E-state index in [4.69, 9.17) is 4.74 Å². The summed E-state index contributed by atoms with van der Waals surface area (Å²) in [6.07, 6.45) is 0.887. The van der Waals surface area contributed by atoms with E-state index in [0.29, 0.717) is 23.0 Å². The van der Waals surface area contributed by atoms with Gasteiger partial charge >= 0.3 is 0 Å². The van der Waals surface area contributed by atoms with Gasteiger partial charge < -0.3 is 10.1 Å². The Morgan fingerprint density at radius 1 is 1.38 bits per heavy atom. The van der Waals surface area contributed by atoms with Crippen molar-refractivity contribution in [2.75, 3.05) is 12.4 Å². The van der Waals surface area contributed by atoms with Crippen molar-refractivity contribution >= 4 is 11.7 Å². The molecule has 0 fully saturated rings. The van der Waals surface area contributed by atoms with E-state index >= 15 is 0 Å². The van der Waals surface area contributed by atoms with Gasteiger partial charge in [0.15, 0.2) is 0 Å². The second-order valence-electron chi connectivity index (χ2n) is 5.40. The minimum absolute atomic E-state index is 0.202. The van der Waals surface area contributed by atoms with Crippen LogP contribution in [0.3, 0.4) is 0 Å². The molecule has 0 aliphatic heterocycles. The summed E-state index contributed by atoms with van der Waals surface area (Å²) in [5.74, 6) is 1.56. The van der Waals surface area contributed by atoms with Crippen LogP contribution in [-0.4, -0.2) is 22.8 Å². The summed E-state index contributed by atoms with van der Waals surface area (Å²) in [5.41, 5.74) is 1.48. The van der Waals surface area contributed by atoms with Gasteiger partial charge in [-0.25, -0.2) is 0 Å². The highest BCUT2D eigenvalue weighted by molar-refractivity contribution is 6.05.